The molecule has 2 aliphatic heterocycles. The van der Waals surface area contributed by atoms with Gasteiger partial charge in [-0.1, -0.05) is 12.1 Å². The fourth-order valence-electron chi connectivity index (χ4n) is 3.35. The first-order valence-electron chi connectivity index (χ1n) is 7.16. The predicted molar refractivity (Wildman–Crippen MR) is 73.6 cm³/mol. The molecule has 0 aromatic heterocycles. The smallest absolute Gasteiger partial charge is 0.123 e. The maximum absolute atomic E-state index is 13.2. The van der Waals surface area contributed by atoms with Crippen LogP contribution in [0.4, 0.5) is 4.39 Å². The van der Waals surface area contributed by atoms with Crippen LogP contribution in [0.15, 0.2) is 24.3 Å². The SMILES string of the molecule is CC(C)N1CC2(CO[C@H](Cc3cccc(F)c3)C2)C1. The molecule has 0 unspecified atom stereocenters. The normalized spacial score (nSPS) is 26.0. The first-order valence-corrected chi connectivity index (χ1v) is 7.16. The summed E-state index contributed by atoms with van der Waals surface area (Å²) in [5, 5.41) is 0. The molecule has 104 valence electrons. The fourth-order valence-corrected chi connectivity index (χ4v) is 3.35. The molecule has 1 spiro atoms. The Bertz CT molecular complexity index is 454. The van der Waals surface area contributed by atoms with Gasteiger partial charge < -0.3 is 4.74 Å². The molecule has 1 aromatic carbocycles. The molecule has 0 saturated carbocycles. The minimum absolute atomic E-state index is 0.153. The third-order valence-electron chi connectivity index (χ3n) is 4.45. The van der Waals surface area contributed by atoms with E-state index in [0.717, 1.165) is 38.1 Å². The van der Waals surface area contributed by atoms with E-state index in [1.807, 2.05) is 6.07 Å². The summed E-state index contributed by atoms with van der Waals surface area (Å²) in [5.74, 6) is -0.153. The van der Waals surface area contributed by atoms with Crippen molar-refractivity contribution in [2.24, 2.45) is 5.41 Å². The van der Waals surface area contributed by atoms with E-state index < -0.39 is 0 Å². The van der Waals surface area contributed by atoms with E-state index in [0.29, 0.717) is 11.5 Å². The van der Waals surface area contributed by atoms with Crippen LogP contribution < -0.4 is 0 Å². The van der Waals surface area contributed by atoms with Gasteiger partial charge in [0, 0.05) is 24.5 Å². The lowest BCUT2D eigenvalue weighted by Crippen LogP contribution is -2.59. The summed E-state index contributed by atoms with van der Waals surface area (Å²) in [6.45, 7) is 7.67. The van der Waals surface area contributed by atoms with E-state index >= 15 is 0 Å². The third-order valence-corrected chi connectivity index (χ3v) is 4.45. The zero-order chi connectivity index (χ0) is 13.5. The number of hydrogen-bond acceptors (Lipinski definition) is 2. The highest BCUT2D eigenvalue weighted by molar-refractivity contribution is 5.18. The predicted octanol–water partition coefficient (Wildman–Crippen LogP) is 2.87. The fraction of sp³-hybridized carbons (Fsp3) is 0.625. The van der Waals surface area contributed by atoms with Gasteiger partial charge in [-0.15, -0.1) is 0 Å². The second kappa shape index (κ2) is 4.88. The average molecular weight is 263 g/mol. The van der Waals surface area contributed by atoms with Gasteiger partial charge in [0.1, 0.15) is 5.82 Å². The van der Waals surface area contributed by atoms with Gasteiger partial charge in [-0.25, -0.2) is 4.39 Å². The Kier molecular flexibility index (Phi) is 3.35. The van der Waals surface area contributed by atoms with E-state index in [1.165, 1.54) is 6.07 Å². The summed E-state index contributed by atoms with van der Waals surface area (Å²) in [4.78, 5) is 2.49. The van der Waals surface area contributed by atoms with Crippen molar-refractivity contribution in [2.75, 3.05) is 19.7 Å². The molecule has 1 aromatic rings. The van der Waals surface area contributed by atoms with Crippen molar-refractivity contribution in [2.45, 2.75) is 38.8 Å². The highest BCUT2D eigenvalue weighted by Gasteiger charge is 2.49. The van der Waals surface area contributed by atoms with E-state index in [-0.39, 0.29) is 11.9 Å². The number of ether oxygens (including phenoxy) is 1. The monoisotopic (exact) mass is 263 g/mol. The molecule has 2 saturated heterocycles. The summed E-state index contributed by atoms with van der Waals surface area (Å²) in [5.41, 5.74) is 1.42. The van der Waals surface area contributed by atoms with Crippen molar-refractivity contribution in [3.8, 4) is 0 Å². The van der Waals surface area contributed by atoms with E-state index in [4.69, 9.17) is 4.74 Å². The van der Waals surface area contributed by atoms with Crippen LogP contribution in [0.5, 0.6) is 0 Å². The Balaban J connectivity index is 1.56. The van der Waals surface area contributed by atoms with Crippen molar-refractivity contribution in [1.29, 1.82) is 0 Å². The third kappa shape index (κ3) is 2.67. The highest BCUT2D eigenvalue weighted by Crippen LogP contribution is 2.42. The standard InChI is InChI=1S/C16H22FNO/c1-12(2)18-9-16(10-18)8-15(19-11-16)7-13-4-3-5-14(17)6-13/h3-6,12,15H,7-11H2,1-2H3/t15-/m1/s1. The van der Waals surface area contributed by atoms with E-state index in [2.05, 4.69) is 18.7 Å². The summed E-state index contributed by atoms with van der Waals surface area (Å²) < 4.78 is 19.1. The van der Waals surface area contributed by atoms with Crippen molar-refractivity contribution >= 4 is 0 Å². The molecule has 2 aliphatic rings. The molecule has 0 radical (unpaired) electrons. The lowest BCUT2D eigenvalue weighted by molar-refractivity contribution is -0.0276. The van der Waals surface area contributed by atoms with Gasteiger partial charge in [0.15, 0.2) is 0 Å². The molecule has 2 nitrogen and oxygen atoms in total. The van der Waals surface area contributed by atoms with Crippen LogP contribution >= 0.6 is 0 Å². The zero-order valence-electron chi connectivity index (χ0n) is 11.7. The summed E-state index contributed by atoms with van der Waals surface area (Å²) in [6, 6.07) is 7.51. The largest absolute Gasteiger partial charge is 0.377 e. The number of halogens is 1. The van der Waals surface area contributed by atoms with Crippen molar-refractivity contribution in [3.05, 3.63) is 35.6 Å². The Labute approximate surface area is 114 Å². The lowest BCUT2D eigenvalue weighted by Gasteiger charge is -2.49. The van der Waals surface area contributed by atoms with Gasteiger partial charge in [-0.3, -0.25) is 4.90 Å². The van der Waals surface area contributed by atoms with Crippen LogP contribution in [0, 0.1) is 11.2 Å². The van der Waals surface area contributed by atoms with Gasteiger partial charge in [-0.2, -0.15) is 0 Å². The molecule has 2 fully saturated rings. The number of likely N-dealkylation sites (tertiary alicyclic amines) is 1. The first kappa shape index (κ1) is 13.1. The quantitative estimate of drug-likeness (QED) is 0.831. The second-order valence-electron chi connectivity index (χ2n) is 6.47. The van der Waals surface area contributed by atoms with Gasteiger partial charge in [-0.05, 0) is 44.4 Å². The van der Waals surface area contributed by atoms with Crippen LogP contribution in [-0.2, 0) is 11.2 Å². The second-order valence-corrected chi connectivity index (χ2v) is 6.47. The minimum atomic E-state index is -0.153. The number of nitrogens with zero attached hydrogens (tertiary/aromatic N) is 1. The molecular formula is C16H22FNO. The molecule has 2 heterocycles. The van der Waals surface area contributed by atoms with Gasteiger partial charge in [0.25, 0.3) is 0 Å². The van der Waals surface area contributed by atoms with Crippen molar-refractivity contribution < 1.29 is 9.13 Å². The van der Waals surface area contributed by atoms with Crippen molar-refractivity contribution in [3.63, 3.8) is 0 Å². The van der Waals surface area contributed by atoms with Gasteiger partial charge in [0.05, 0.1) is 12.7 Å². The topological polar surface area (TPSA) is 12.5 Å². The van der Waals surface area contributed by atoms with Crippen molar-refractivity contribution in [1.82, 2.24) is 4.90 Å². The Hall–Kier alpha value is -0.930. The summed E-state index contributed by atoms with van der Waals surface area (Å²) in [7, 11) is 0. The Morgan fingerprint density at radius 3 is 2.89 bits per heavy atom. The molecule has 0 aliphatic carbocycles. The van der Waals surface area contributed by atoms with Gasteiger partial charge in [0.2, 0.25) is 0 Å². The molecular weight excluding hydrogens is 241 g/mol. The molecule has 1 atom stereocenters. The van der Waals surface area contributed by atoms with Crippen LogP contribution in [0.2, 0.25) is 0 Å². The number of hydrogen-bond donors (Lipinski definition) is 0. The Morgan fingerprint density at radius 2 is 2.21 bits per heavy atom. The lowest BCUT2D eigenvalue weighted by atomic mass is 9.76. The maximum atomic E-state index is 13.2. The zero-order valence-corrected chi connectivity index (χ0v) is 11.7. The van der Waals surface area contributed by atoms with E-state index in [1.54, 1.807) is 12.1 Å². The van der Waals surface area contributed by atoms with Gasteiger partial charge >= 0.3 is 0 Å². The highest BCUT2D eigenvalue weighted by atomic mass is 19.1. The molecule has 3 rings (SSSR count). The van der Waals surface area contributed by atoms with Crippen LogP contribution in [-0.4, -0.2) is 36.7 Å². The molecule has 3 heteroatoms. The molecule has 0 bridgehead atoms. The molecule has 0 N–H and O–H groups in total. The van der Waals surface area contributed by atoms with Crippen LogP contribution in [0.25, 0.3) is 0 Å². The summed E-state index contributed by atoms with van der Waals surface area (Å²) in [6.07, 6.45) is 2.21. The van der Waals surface area contributed by atoms with Crippen LogP contribution in [0.1, 0.15) is 25.8 Å². The molecule has 0 amide bonds. The van der Waals surface area contributed by atoms with Crippen LogP contribution in [0.3, 0.4) is 0 Å². The minimum Gasteiger partial charge on any atom is -0.377 e. The van der Waals surface area contributed by atoms with E-state index in [9.17, 15) is 4.39 Å². The average Bonchev–Trinajstić information content (AvgIpc) is 2.71. The number of benzene rings is 1. The maximum Gasteiger partial charge on any atom is 0.123 e. The number of rotatable bonds is 3. The first-order chi connectivity index (χ1) is 9.06. The molecule has 19 heavy (non-hydrogen) atoms. The Morgan fingerprint density at radius 1 is 1.42 bits per heavy atom. The summed E-state index contributed by atoms with van der Waals surface area (Å²) >= 11 is 0.